The number of hydrogen-bond donors (Lipinski definition) is 1. The van der Waals surface area contributed by atoms with E-state index < -0.39 is 28.7 Å². The number of carbonyl (C=O) groups is 3. The minimum Gasteiger partial charge on any atom is -0.465 e. The highest BCUT2D eigenvalue weighted by Crippen LogP contribution is 2.69. The number of amides is 2. The van der Waals surface area contributed by atoms with Crippen molar-refractivity contribution in [1.82, 2.24) is 4.90 Å². The topological polar surface area (TPSA) is 87.1 Å². The molecule has 3 unspecified atom stereocenters. The lowest BCUT2D eigenvalue weighted by Crippen LogP contribution is -2.59. The largest absolute Gasteiger partial charge is 0.465 e. The van der Waals surface area contributed by atoms with Crippen molar-refractivity contribution in [3.8, 4) is 0 Å². The number of unbranched alkanes of at least 4 members (excludes halogenated alkanes) is 1. The minimum absolute atomic E-state index is 0.00272. The number of nitrogens with zero attached hydrogens (tertiary/aromatic N) is 2. The first kappa shape index (κ1) is 27.7. The standard InChI is InChI=1S/C28H35ClN2O5S/c1-5-7-10-14-36-27(35)22-21-15-17(3)28(37-21)23(22)25(33)31(18(4)16-32)24(28)26(34)30(13-6-2)20-12-9-8-11-19(20)29/h5-6,8-9,11-12,17-18,21-24,32H,1-2,7,10,13-16H2,3-4H3/t17?,18-,21-,22+,23+,24?,28?/m1/s1. The summed E-state index contributed by atoms with van der Waals surface area (Å²) in [5.74, 6) is -2.26. The van der Waals surface area contributed by atoms with Crippen molar-refractivity contribution in [2.45, 2.75) is 55.2 Å². The molecule has 3 aliphatic rings. The molecule has 1 N–H and O–H groups in total. The number of thioether (sulfide) groups is 1. The molecule has 0 radical (unpaired) electrons. The second-order valence-corrected chi connectivity index (χ2v) is 12.1. The normalized spacial score (nSPS) is 30.6. The van der Waals surface area contributed by atoms with E-state index in [9.17, 15) is 19.5 Å². The summed E-state index contributed by atoms with van der Waals surface area (Å²) in [5.41, 5.74) is 0.529. The van der Waals surface area contributed by atoms with E-state index in [1.54, 1.807) is 60.0 Å². The van der Waals surface area contributed by atoms with Crippen LogP contribution in [0.15, 0.2) is 49.6 Å². The number of benzene rings is 1. The van der Waals surface area contributed by atoms with Crippen LogP contribution in [0.2, 0.25) is 5.02 Å². The Morgan fingerprint density at radius 3 is 2.73 bits per heavy atom. The van der Waals surface area contributed by atoms with Gasteiger partial charge in [0.25, 0.3) is 5.91 Å². The van der Waals surface area contributed by atoms with Gasteiger partial charge < -0.3 is 19.6 Å². The van der Waals surface area contributed by atoms with E-state index >= 15 is 0 Å². The highest BCUT2D eigenvalue weighted by atomic mass is 35.5. The Kier molecular flexibility index (Phi) is 8.41. The molecule has 9 heteroatoms. The van der Waals surface area contributed by atoms with E-state index in [0.29, 0.717) is 23.6 Å². The number of likely N-dealkylation sites (tertiary alicyclic amines) is 1. The van der Waals surface area contributed by atoms with Crippen LogP contribution in [0.3, 0.4) is 0 Å². The smallest absolute Gasteiger partial charge is 0.310 e. The molecule has 0 saturated carbocycles. The summed E-state index contributed by atoms with van der Waals surface area (Å²) < 4.78 is 4.80. The van der Waals surface area contributed by atoms with Crippen LogP contribution in [0.5, 0.6) is 0 Å². The summed E-state index contributed by atoms with van der Waals surface area (Å²) in [4.78, 5) is 44.9. The molecule has 0 aliphatic carbocycles. The molecule has 1 aromatic rings. The fraction of sp³-hybridized carbons (Fsp3) is 0.536. The first-order chi connectivity index (χ1) is 17.7. The third-order valence-corrected chi connectivity index (χ3v) is 10.3. The van der Waals surface area contributed by atoms with Gasteiger partial charge in [-0.25, -0.2) is 0 Å². The molecule has 2 amide bonds. The van der Waals surface area contributed by atoms with E-state index in [2.05, 4.69) is 20.1 Å². The quantitative estimate of drug-likeness (QED) is 0.256. The van der Waals surface area contributed by atoms with Crippen LogP contribution < -0.4 is 4.90 Å². The Bertz CT molecular complexity index is 1080. The highest BCUT2D eigenvalue weighted by molar-refractivity contribution is 8.02. The van der Waals surface area contributed by atoms with Crippen LogP contribution in [0.25, 0.3) is 0 Å². The summed E-state index contributed by atoms with van der Waals surface area (Å²) >= 11 is 8.07. The average Bonchev–Trinajstić information content (AvgIpc) is 3.48. The van der Waals surface area contributed by atoms with Crippen molar-refractivity contribution in [1.29, 1.82) is 0 Å². The van der Waals surface area contributed by atoms with Crippen molar-refractivity contribution in [2.75, 3.05) is 24.7 Å². The molecule has 200 valence electrons. The molecule has 1 spiro atoms. The summed E-state index contributed by atoms with van der Waals surface area (Å²) in [7, 11) is 0. The highest BCUT2D eigenvalue weighted by Gasteiger charge is 2.77. The number of para-hydroxylation sites is 1. The van der Waals surface area contributed by atoms with Gasteiger partial charge in [0.2, 0.25) is 5.91 Å². The van der Waals surface area contributed by atoms with E-state index in [0.717, 1.165) is 6.42 Å². The van der Waals surface area contributed by atoms with Crippen LogP contribution in [-0.2, 0) is 19.1 Å². The van der Waals surface area contributed by atoms with Crippen molar-refractivity contribution >= 4 is 46.8 Å². The maximum Gasteiger partial charge on any atom is 0.310 e. The van der Waals surface area contributed by atoms with Gasteiger partial charge in [-0.15, -0.1) is 24.9 Å². The number of carbonyl (C=O) groups excluding carboxylic acids is 3. The van der Waals surface area contributed by atoms with Gasteiger partial charge in [-0.05, 0) is 44.2 Å². The monoisotopic (exact) mass is 546 g/mol. The zero-order chi connectivity index (χ0) is 26.9. The lowest BCUT2D eigenvalue weighted by atomic mass is 9.66. The van der Waals surface area contributed by atoms with Gasteiger partial charge in [0.1, 0.15) is 6.04 Å². The van der Waals surface area contributed by atoms with Crippen LogP contribution in [0.1, 0.15) is 33.1 Å². The maximum atomic E-state index is 14.5. The first-order valence-electron chi connectivity index (χ1n) is 12.8. The van der Waals surface area contributed by atoms with Crippen molar-refractivity contribution in [2.24, 2.45) is 17.8 Å². The molecule has 7 atom stereocenters. The molecular formula is C28H35ClN2O5S. The van der Waals surface area contributed by atoms with Crippen LogP contribution in [-0.4, -0.2) is 69.6 Å². The van der Waals surface area contributed by atoms with Gasteiger partial charge >= 0.3 is 5.97 Å². The fourth-order valence-corrected chi connectivity index (χ4v) is 8.95. The van der Waals surface area contributed by atoms with Gasteiger partial charge in [0, 0.05) is 11.8 Å². The second kappa shape index (κ2) is 11.2. The zero-order valence-corrected chi connectivity index (χ0v) is 22.9. The van der Waals surface area contributed by atoms with Gasteiger partial charge in [0.15, 0.2) is 0 Å². The summed E-state index contributed by atoms with van der Waals surface area (Å²) in [6.07, 6.45) is 5.51. The maximum absolute atomic E-state index is 14.5. The average molecular weight is 547 g/mol. The van der Waals surface area contributed by atoms with Crippen LogP contribution in [0.4, 0.5) is 5.69 Å². The molecule has 2 bridgehead atoms. The Labute approximate surface area is 227 Å². The summed E-state index contributed by atoms with van der Waals surface area (Å²) in [6.45, 7) is 11.5. The van der Waals surface area contributed by atoms with Crippen LogP contribution >= 0.6 is 23.4 Å². The van der Waals surface area contributed by atoms with E-state index in [-0.39, 0.29) is 48.7 Å². The number of aliphatic hydroxyl groups is 1. The fourth-order valence-electron chi connectivity index (χ4n) is 6.32. The van der Waals surface area contributed by atoms with Crippen molar-refractivity contribution < 1.29 is 24.2 Å². The molecule has 3 fully saturated rings. The van der Waals surface area contributed by atoms with Crippen LogP contribution in [0, 0.1) is 17.8 Å². The molecule has 1 aromatic carbocycles. The van der Waals surface area contributed by atoms with Gasteiger partial charge in [-0.1, -0.05) is 42.8 Å². The molecular weight excluding hydrogens is 512 g/mol. The van der Waals surface area contributed by atoms with Gasteiger partial charge in [-0.2, -0.15) is 0 Å². The third kappa shape index (κ3) is 4.51. The summed E-state index contributed by atoms with van der Waals surface area (Å²) in [6, 6.07) is 5.60. The Balaban J connectivity index is 1.76. The molecule has 7 nitrogen and oxygen atoms in total. The SMILES string of the molecule is C=CCCCOC(=O)[C@@H]1[C@H]2C(=O)N([C@H](C)CO)C(C(=O)N(CC=C)c3ccccc3Cl)C23S[C@@H]1CC3C. The molecule has 0 aromatic heterocycles. The zero-order valence-electron chi connectivity index (χ0n) is 21.3. The number of ether oxygens (including phenoxy) is 1. The van der Waals surface area contributed by atoms with Gasteiger partial charge in [-0.3, -0.25) is 14.4 Å². The minimum atomic E-state index is -0.869. The Morgan fingerprint density at radius 1 is 1.35 bits per heavy atom. The number of rotatable bonds is 11. The number of anilines is 1. The molecule has 3 heterocycles. The predicted molar refractivity (Wildman–Crippen MR) is 146 cm³/mol. The van der Waals surface area contributed by atoms with Crippen molar-refractivity contribution in [3.05, 3.63) is 54.6 Å². The molecule has 37 heavy (non-hydrogen) atoms. The van der Waals surface area contributed by atoms with E-state index in [4.69, 9.17) is 16.3 Å². The first-order valence-corrected chi connectivity index (χ1v) is 14.0. The number of halogens is 1. The number of aliphatic hydroxyl groups excluding tert-OH is 1. The predicted octanol–water partition coefficient (Wildman–Crippen LogP) is 4.09. The van der Waals surface area contributed by atoms with Gasteiger partial charge in [0.05, 0.1) is 46.5 Å². The molecule has 3 aliphatic heterocycles. The van der Waals surface area contributed by atoms with E-state index in [1.807, 2.05) is 0 Å². The number of esters is 1. The Morgan fingerprint density at radius 2 is 2.08 bits per heavy atom. The number of fused-ring (bicyclic) bond motifs is 1. The second-order valence-electron chi connectivity index (χ2n) is 10.1. The number of hydrogen-bond acceptors (Lipinski definition) is 6. The molecule has 3 saturated heterocycles. The number of allylic oxidation sites excluding steroid dienone is 1. The lowest BCUT2D eigenvalue weighted by Gasteiger charge is -2.41. The lowest BCUT2D eigenvalue weighted by molar-refractivity contribution is -0.155. The third-order valence-electron chi connectivity index (χ3n) is 7.95. The molecule has 4 rings (SSSR count). The Hall–Kier alpha value is -2.29. The van der Waals surface area contributed by atoms with Crippen molar-refractivity contribution in [3.63, 3.8) is 0 Å². The summed E-state index contributed by atoms with van der Waals surface area (Å²) in [5, 5.41) is 10.4. The van der Waals surface area contributed by atoms with E-state index in [1.165, 1.54) is 4.90 Å².